The third-order valence-electron chi connectivity index (χ3n) is 2.42. The Morgan fingerprint density at radius 2 is 2.00 bits per heavy atom. The van der Waals surface area contributed by atoms with Crippen molar-refractivity contribution in [3.63, 3.8) is 0 Å². The Balaban J connectivity index is 3.07. The van der Waals surface area contributed by atoms with Gasteiger partial charge >= 0.3 is 5.69 Å². The van der Waals surface area contributed by atoms with Crippen molar-refractivity contribution in [3.05, 3.63) is 24.7 Å². The Morgan fingerprint density at radius 1 is 1.38 bits per heavy atom. The van der Waals surface area contributed by atoms with Crippen LogP contribution in [0.1, 0.15) is 19.9 Å². The van der Waals surface area contributed by atoms with Gasteiger partial charge in [-0.15, -0.1) is 0 Å². The molecule has 0 spiro atoms. The maximum absolute atomic E-state index is 11.8. The van der Waals surface area contributed by atoms with Crippen molar-refractivity contribution in [3.8, 4) is 0 Å². The highest BCUT2D eigenvalue weighted by atomic mass is 127. The molecule has 0 aliphatic carbocycles. The molecule has 86 valence electrons. The van der Waals surface area contributed by atoms with Gasteiger partial charge in [-0.3, -0.25) is 14.3 Å². The van der Waals surface area contributed by atoms with Crippen molar-refractivity contribution in [1.29, 1.82) is 0 Å². The van der Waals surface area contributed by atoms with Gasteiger partial charge in [0, 0.05) is 35.7 Å². The van der Waals surface area contributed by atoms with E-state index in [-0.39, 0.29) is 11.6 Å². The third-order valence-corrected chi connectivity index (χ3v) is 3.18. The normalized spacial score (nSPS) is 11.6. The zero-order valence-corrected chi connectivity index (χ0v) is 11.3. The van der Waals surface area contributed by atoms with Crippen LogP contribution in [0.3, 0.4) is 0 Å². The summed E-state index contributed by atoms with van der Waals surface area (Å²) in [6, 6.07) is 0.121. The number of nitrogens with one attached hydrogen (secondary N) is 1. The van der Waals surface area contributed by atoms with Crippen LogP contribution in [-0.2, 0) is 7.05 Å². The molecule has 6 nitrogen and oxygen atoms in total. The third kappa shape index (κ3) is 1.49. The number of rotatable bonds is 1. The molecule has 0 aliphatic heterocycles. The molecule has 2 heterocycles. The van der Waals surface area contributed by atoms with E-state index >= 15 is 0 Å². The van der Waals surface area contributed by atoms with Crippen molar-refractivity contribution < 1.29 is 0 Å². The lowest BCUT2D eigenvalue weighted by Gasteiger charge is -2.08. The lowest BCUT2D eigenvalue weighted by atomic mass is 10.4. The quantitative estimate of drug-likeness (QED) is 0.613. The largest absolute Gasteiger partial charge is 0.329 e. The Labute approximate surface area is 104 Å². The molecule has 16 heavy (non-hydrogen) atoms. The highest BCUT2D eigenvalue weighted by Crippen LogP contribution is 2.17. The monoisotopic (exact) mass is 334 g/mol. The van der Waals surface area contributed by atoms with E-state index < -0.39 is 5.69 Å². The molecule has 0 amide bonds. The summed E-state index contributed by atoms with van der Waals surface area (Å²) < 4.78 is 3.86. The Morgan fingerprint density at radius 3 is 2.56 bits per heavy atom. The van der Waals surface area contributed by atoms with Crippen LogP contribution in [-0.4, -0.2) is 19.1 Å². The number of aromatic amines is 1. The number of aryl methyl sites for hydroxylation is 1. The zero-order valence-electron chi connectivity index (χ0n) is 9.11. The minimum absolute atomic E-state index is 0.121. The van der Waals surface area contributed by atoms with Gasteiger partial charge in [-0.1, -0.05) is 0 Å². The number of halogens is 1. The van der Waals surface area contributed by atoms with E-state index in [1.165, 1.54) is 4.57 Å². The second-order valence-electron chi connectivity index (χ2n) is 3.84. The first-order valence-electron chi connectivity index (χ1n) is 4.80. The second-order valence-corrected chi connectivity index (χ2v) is 4.80. The van der Waals surface area contributed by atoms with Gasteiger partial charge in [0.2, 0.25) is 0 Å². The molecule has 0 fully saturated rings. The SMILES string of the molecule is CC(C)n1c(I)nc2c1c(=O)[nH]c(=O)n2C. The number of aromatic nitrogens is 4. The first kappa shape index (κ1) is 11.4. The van der Waals surface area contributed by atoms with E-state index in [4.69, 9.17) is 0 Å². The maximum atomic E-state index is 11.8. The lowest BCUT2D eigenvalue weighted by molar-refractivity contribution is 0.600. The molecule has 0 unspecified atom stereocenters. The molecule has 2 rings (SSSR count). The summed E-state index contributed by atoms with van der Waals surface area (Å²) in [6.07, 6.45) is 0. The number of hydrogen-bond donors (Lipinski definition) is 1. The minimum Gasteiger partial charge on any atom is -0.311 e. The fourth-order valence-electron chi connectivity index (χ4n) is 1.65. The van der Waals surface area contributed by atoms with Crippen LogP contribution in [0.25, 0.3) is 11.2 Å². The summed E-state index contributed by atoms with van der Waals surface area (Å²) in [5, 5.41) is 0. The summed E-state index contributed by atoms with van der Waals surface area (Å²) >= 11 is 2.06. The number of nitrogens with zero attached hydrogens (tertiary/aromatic N) is 3. The number of hydrogen-bond acceptors (Lipinski definition) is 3. The molecule has 1 N–H and O–H groups in total. The smallest absolute Gasteiger partial charge is 0.311 e. The van der Waals surface area contributed by atoms with Crippen molar-refractivity contribution in [2.45, 2.75) is 19.9 Å². The van der Waals surface area contributed by atoms with Gasteiger partial charge in [-0.25, -0.2) is 9.78 Å². The molecule has 0 radical (unpaired) electrons. The minimum atomic E-state index is -0.442. The Bertz CT molecular complexity index is 664. The van der Waals surface area contributed by atoms with Crippen LogP contribution in [0, 0.1) is 3.83 Å². The predicted octanol–water partition coefficient (Wildman–Crippen LogP) is 0.609. The summed E-state index contributed by atoms with van der Waals surface area (Å²) in [7, 11) is 1.59. The van der Waals surface area contributed by atoms with Gasteiger partial charge in [0.05, 0.1) is 0 Å². The first-order valence-corrected chi connectivity index (χ1v) is 5.88. The van der Waals surface area contributed by atoms with Crippen LogP contribution < -0.4 is 11.2 Å². The van der Waals surface area contributed by atoms with Gasteiger partial charge in [0.15, 0.2) is 15.0 Å². The highest BCUT2D eigenvalue weighted by molar-refractivity contribution is 14.1. The van der Waals surface area contributed by atoms with Crippen LogP contribution in [0.5, 0.6) is 0 Å². The molecule has 7 heteroatoms. The topological polar surface area (TPSA) is 72.7 Å². The van der Waals surface area contributed by atoms with Gasteiger partial charge in [0.25, 0.3) is 5.56 Å². The van der Waals surface area contributed by atoms with E-state index in [1.807, 2.05) is 18.4 Å². The zero-order chi connectivity index (χ0) is 12.0. The van der Waals surface area contributed by atoms with Crippen LogP contribution in [0.15, 0.2) is 9.59 Å². The Hall–Kier alpha value is -1.12. The van der Waals surface area contributed by atoms with E-state index in [2.05, 4.69) is 32.6 Å². The van der Waals surface area contributed by atoms with Gasteiger partial charge in [-0.05, 0) is 13.8 Å². The van der Waals surface area contributed by atoms with Gasteiger partial charge < -0.3 is 4.57 Å². The fraction of sp³-hybridized carbons (Fsp3) is 0.444. The van der Waals surface area contributed by atoms with Crippen molar-refractivity contribution in [1.82, 2.24) is 19.1 Å². The van der Waals surface area contributed by atoms with Crippen molar-refractivity contribution in [2.75, 3.05) is 0 Å². The van der Waals surface area contributed by atoms with Crippen LogP contribution in [0.2, 0.25) is 0 Å². The molecule has 0 saturated heterocycles. The number of fused-ring (bicyclic) bond motifs is 1. The molecular formula is C9H11IN4O2. The summed E-state index contributed by atoms with van der Waals surface area (Å²) in [6.45, 7) is 3.93. The molecule has 2 aromatic rings. The first-order chi connectivity index (χ1) is 7.43. The van der Waals surface area contributed by atoms with E-state index in [0.717, 1.165) is 0 Å². The predicted molar refractivity (Wildman–Crippen MR) is 68.7 cm³/mol. The standard InChI is InChI=1S/C9H11IN4O2/c1-4(2)14-5-6(11-8(14)10)13(3)9(16)12-7(5)15/h4H,1-3H3,(H,12,15,16). The average molecular weight is 334 g/mol. The number of H-pyrrole nitrogens is 1. The molecule has 0 bridgehead atoms. The average Bonchev–Trinajstić information content (AvgIpc) is 2.52. The van der Waals surface area contributed by atoms with Crippen LogP contribution >= 0.6 is 22.6 Å². The van der Waals surface area contributed by atoms with E-state index in [0.29, 0.717) is 15.0 Å². The van der Waals surface area contributed by atoms with Crippen LogP contribution in [0.4, 0.5) is 0 Å². The van der Waals surface area contributed by atoms with E-state index in [9.17, 15) is 9.59 Å². The number of imidazole rings is 1. The van der Waals surface area contributed by atoms with Crippen molar-refractivity contribution in [2.24, 2.45) is 7.05 Å². The van der Waals surface area contributed by atoms with Gasteiger partial charge in [0.1, 0.15) is 0 Å². The van der Waals surface area contributed by atoms with Crippen molar-refractivity contribution >= 4 is 33.8 Å². The molecule has 0 aromatic carbocycles. The second kappa shape index (κ2) is 3.72. The van der Waals surface area contributed by atoms with Gasteiger partial charge in [-0.2, -0.15) is 0 Å². The maximum Gasteiger partial charge on any atom is 0.329 e. The molecule has 0 saturated carbocycles. The Kier molecular flexibility index (Phi) is 2.64. The summed E-state index contributed by atoms with van der Waals surface area (Å²) in [5.41, 5.74) is 0.0397. The molecular weight excluding hydrogens is 323 g/mol. The molecule has 0 aliphatic rings. The lowest BCUT2D eigenvalue weighted by Crippen LogP contribution is -2.29. The molecule has 2 aromatic heterocycles. The highest BCUT2D eigenvalue weighted by Gasteiger charge is 2.16. The summed E-state index contributed by atoms with van der Waals surface area (Å²) in [4.78, 5) is 29.7. The summed E-state index contributed by atoms with van der Waals surface area (Å²) in [5.74, 6) is 0. The fourth-order valence-corrected chi connectivity index (χ4v) is 2.67. The molecule has 0 atom stereocenters. The van der Waals surface area contributed by atoms with E-state index in [1.54, 1.807) is 7.05 Å².